The zero-order valence-corrected chi connectivity index (χ0v) is 23.6. The summed E-state index contributed by atoms with van der Waals surface area (Å²) in [6, 6.07) is 16.0. The number of nitrogens with one attached hydrogen (secondary N) is 2. The highest BCUT2D eigenvalue weighted by Gasteiger charge is 2.40. The molecule has 4 heterocycles. The lowest BCUT2D eigenvalue weighted by molar-refractivity contribution is 0.174. The van der Waals surface area contributed by atoms with E-state index in [1.54, 1.807) is 6.07 Å². The third kappa shape index (κ3) is 4.20. The van der Waals surface area contributed by atoms with Gasteiger partial charge in [0.15, 0.2) is 5.65 Å². The van der Waals surface area contributed by atoms with Gasteiger partial charge >= 0.3 is 0 Å². The van der Waals surface area contributed by atoms with E-state index in [0.29, 0.717) is 28.3 Å². The lowest BCUT2D eigenvalue weighted by atomic mass is 9.94. The van der Waals surface area contributed by atoms with Gasteiger partial charge < -0.3 is 0 Å². The van der Waals surface area contributed by atoms with Crippen LogP contribution in [0, 0.1) is 0 Å². The lowest BCUT2D eigenvalue weighted by Crippen LogP contribution is -2.37. The van der Waals surface area contributed by atoms with Crippen LogP contribution in [-0.2, 0) is 28.4 Å². The Kier molecular flexibility index (Phi) is 5.74. The van der Waals surface area contributed by atoms with Gasteiger partial charge in [-0.25, -0.2) is 18.1 Å². The van der Waals surface area contributed by atoms with Crippen molar-refractivity contribution in [1.29, 1.82) is 0 Å². The Morgan fingerprint density at radius 1 is 0.949 bits per heavy atom. The van der Waals surface area contributed by atoms with E-state index in [4.69, 9.17) is 0 Å². The number of aromatic amines is 1. The van der Waals surface area contributed by atoms with E-state index < -0.39 is 15.6 Å². The third-order valence-electron chi connectivity index (χ3n) is 9.13. The number of likely N-dealkylation sites (tertiary alicyclic amines) is 1. The van der Waals surface area contributed by atoms with Crippen molar-refractivity contribution >= 4 is 21.1 Å². The molecule has 0 amide bonds. The number of H-pyrrole nitrogens is 1. The van der Waals surface area contributed by atoms with Crippen molar-refractivity contribution in [3.05, 3.63) is 65.4 Å². The second-order valence-electron chi connectivity index (χ2n) is 12.1. The van der Waals surface area contributed by atoms with E-state index in [1.807, 2.05) is 32.2 Å². The van der Waals surface area contributed by atoms with Crippen molar-refractivity contribution in [2.75, 3.05) is 6.54 Å². The summed E-state index contributed by atoms with van der Waals surface area (Å²) in [7, 11) is -3.56. The molecule has 2 aromatic heterocycles. The molecule has 0 spiro atoms. The van der Waals surface area contributed by atoms with Gasteiger partial charge in [0.05, 0.1) is 10.4 Å². The van der Waals surface area contributed by atoms with Crippen molar-refractivity contribution in [2.45, 2.75) is 81.8 Å². The molecule has 8 heteroatoms. The van der Waals surface area contributed by atoms with Crippen LogP contribution >= 0.6 is 0 Å². The molecule has 202 valence electrons. The molecule has 2 N–H and O–H groups in total. The van der Waals surface area contributed by atoms with Crippen LogP contribution in [0.5, 0.6) is 0 Å². The summed E-state index contributed by atoms with van der Waals surface area (Å²) in [5, 5.41) is 8.45. The zero-order chi connectivity index (χ0) is 26.9. The first-order valence-corrected chi connectivity index (χ1v) is 15.6. The predicted octanol–water partition coefficient (Wildman–Crippen LogP) is 5.55. The fourth-order valence-corrected chi connectivity index (χ4v) is 8.82. The number of nitrogens with zero attached hydrogens (tertiary/aromatic N) is 3. The Morgan fingerprint density at radius 2 is 1.74 bits per heavy atom. The SMILES string of the molecule is C[C@@H]1CCCN1C1CCc2ccc(-c3cnc4[nH]nc(-c5ccc6c(c5)S(=O)(=O)NC6(C)C)c4c3)cc2CC1. The highest BCUT2D eigenvalue weighted by molar-refractivity contribution is 7.89. The molecule has 0 bridgehead atoms. The molecular formula is C31H35N5O2S. The van der Waals surface area contributed by atoms with Gasteiger partial charge in [-0.15, -0.1) is 0 Å². The van der Waals surface area contributed by atoms with E-state index in [2.05, 4.69) is 56.0 Å². The minimum absolute atomic E-state index is 0.317. The number of hydrogen-bond acceptors (Lipinski definition) is 5. The maximum Gasteiger partial charge on any atom is 0.241 e. The van der Waals surface area contributed by atoms with Crippen molar-refractivity contribution in [3.8, 4) is 22.4 Å². The number of aryl methyl sites for hydroxylation is 2. The Hall–Kier alpha value is -3.07. The van der Waals surface area contributed by atoms with Crippen molar-refractivity contribution in [3.63, 3.8) is 0 Å². The monoisotopic (exact) mass is 541 g/mol. The number of rotatable bonds is 3. The van der Waals surface area contributed by atoms with Crippen LogP contribution in [0.15, 0.2) is 53.6 Å². The molecule has 1 saturated heterocycles. The van der Waals surface area contributed by atoms with Crippen LogP contribution in [-0.4, -0.2) is 47.1 Å². The highest BCUT2D eigenvalue weighted by atomic mass is 32.2. The molecule has 1 aliphatic carbocycles. The number of pyridine rings is 1. The Morgan fingerprint density at radius 3 is 2.54 bits per heavy atom. The maximum atomic E-state index is 12.8. The van der Waals surface area contributed by atoms with E-state index in [0.717, 1.165) is 40.5 Å². The average molecular weight is 542 g/mol. The van der Waals surface area contributed by atoms with Crippen LogP contribution in [0.4, 0.5) is 0 Å². The first kappa shape index (κ1) is 24.9. The van der Waals surface area contributed by atoms with Crippen LogP contribution in [0.3, 0.4) is 0 Å². The first-order chi connectivity index (χ1) is 18.7. The maximum absolute atomic E-state index is 12.8. The summed E-state index contributed by atoms with van der Waals surface area (Å²) in [5.41, 5.74) is 7.42. The fraction of sp³-hybridized carbons (Fsp3) is 0.419. The van der Waals surface area contributed by atoms with E-state index in [-0.39, 0.29) is 0 Å². The molecule has 39 heavy (non-hydrogen) atoms. The Labute approximate surface area is 230 Å². The molecule has 2 atom stereocenters. The van der Waals surface area contributed by atoms with Crippen LogP contribution < -0.4 is 4.72 Å². The summed E-state index contributed by atoms with van der Waals surface area (Å²) in [5.74, 6) is 0. The van der Waals surface area contributed by atoms with Gasteiger partial charge in [0.25, 0.3) is 0 Å². The van der Waals surface area contributed by atoms with Gasteiger partial charge in [0.1, 0.15) is 5.69 Å². The summed E-state index contributed by atoms with van der Waals surface area (Å²) in [6.45, 7) is 7.39. The third-order valence-corrected chi connectivity index (χ3v) is 10.8. The van der Waals surface area contributed by atoms with Gasteiger partial charge in [0.2, 0.25) is 10.0 Å². The molecule has 1 unspecified atom stereocenters. The average Bonchev–Trinajstić information content (AvgIpc) is 3.52. The molecule has 2 aromatic carbocycles. The highest BCUT2D eigenvalue weighted by Crippen LogP contribution is 2.39. The number of sulfonamides is 1. The van der Waals surface area contributed by atoms with Crippen LogP contribution in [0.2, 0.25) is 0 Å². The van der Waals surface area contributed by atoms with Crippen LogP contribution in [0.25, 0.3) is 33.4 Å². The number of benzene rings is 2. The molecular weight excluding hydrogens is 506 g/mol. The number of hydrogen-bond donors (Lipinski definition) is 2. The first-order valence-electron chi connectivity index (χ1n) is 14.1. The van der Waals surface area contributed by atoms with Gasteiger partial charge in [-0.05, 0) is 100 Å². The zero-order valence-electron chi connectivity index (χ0n) is 22.8. The molecule has 4 aromatic rings. The van der Waals surface area contributed by atoms with Crippen LogP contribution in [0.1, 0.15) is 63.1 Å². The van der Waals surface area contributed by atoms with Crippen molar-refractivity contribution < 1.29 is 8.42 Å². The normalized spacial score (nSPS) is 24.0. The van der Waals surface area contributed by atoms with Gasteiger partial charge in [-0.3, -0.25) is 10.00 Å². The van der Waals surface area contributed by atoms with E-state index in [1.165, 1.54) is 43.4 Å². The smallest absolute Gasteiger partial charge is 0.241 e. The quantitative estimate of drug-likeness (QED) is 0.332. The standard InChI is InChI=1S/C31H35N5O2S/c1-19-5-4-14-36(19)25-11-8-20-6-7-22(15-21(20)9-12-25)24-16-26-29(33-34-30(26)32-18-24)23-10-13-27-28(17-23)39(37,38)35-31(27,2)3/h6-7,10,13,15-19,25,35H,4-5,8-9,11-12,14H2,1-3H3,(H,32,33,34)/t19-,25?/m1/s1. The number of aromatic nitrogens is 3. The molecule has 0 saturated carbocycles. The molecule has 7 rings (SSSR count). The molecule has 0 radical (unpaired) electrons. The fourth-order valence-electron chi connectivity index (χ4n) is 7.04. The van der Waals surface area contributed by atoms with Crippen molar-refractivity contribution in [1.82, 2.24) is 24.8 Å². The topological polar surface area (TPSA) is 91.0 Å². The summed E-state index contributed by atoms with van der Waals surface area (Å²) in [4.78, 5) is 7.74. The molecule has 1 fully saturated rings. The number of fused-ring (bicyclic) bond motifs is 3. The largest absolute Gasteiger partial charge is 0.298 e. The van der Waals surface area contributed by atoms with Gasteiger partial charge in [0, 0.05) is 34.8 Å². The lowest BCUT2D eigenvalue weighted by Gasteiger charge is -2.30. The summed E-state index contributed by atoms with van der Waals surface area (Å²) >= 11 is 0. The van der Waals surface area contributed by atoms with E-state index in [9.17, 15) is 8.42 Å². The molecule has 3 aliphatic rings. The summed E-state index contributed by atoms with van der Waals surface area (Å²) < 4.78 is 28.3. The van der Waals surface area contributed by atoms with Crippen molar-refractivity contribution in [2.24, 2.45) is 0 Å². The Balaban J connectivity index is 1.22. The second-order valence-corrected chi connectivity index (χ2v) is 13.7. The Bertz CT molecular complexity index is 1710. The van der Waals surface area contributed by atoms with E-state index >= 15 is 0 Å². The molecule has 7 nitrogen and oxygen atoms in total. The predicted molar refractivity (Wildman–Crippen MR) is 154 cm³/mol. The van der Waals surface area contributed by atoms with Gasteiger partial charge in [-0.2, -0.15) is 5.10 Å². The minimum atomic E-state index is -3.56. The second kappa shape index (κ2) is 8.98. The van der Waals surface area contributed by atoms with Gasteiger partial charge in [-0.1, -0.05) is 30.3 Å². The molecule has 2 aliphatic heterocycles. The minimum Gasteiger partial charge on any atom is -0.298 e. The summed E-state index contributed by atoms with van der Waals surface area (Å²) in [6.07, 6.45) is 9.27.